The van der Waals surface area contributed by atoms with Crippen LogP contribution in [0.4, 0.5) is 5.69 Å². The van der Waals surface area contributed by atoms with Gasteiger partial charge in [0.25, 0.3) is 0 Å². The van der Waals surface area contributed by atoms with Crippen LogP contribution in [0.3, 0.4) is 0 Å². The van der Waals surface area contributed by atoms with Crippen molar-refractivity contribution in [2.24, 2.45) is 0 Å². The minimum atomic E-state index is -0.327. The molecule has 1 amide bonds. The lowest BCUT2D eigenvalue weighted by atomic mass is 10.1. The highest BCUT2D eigenvalue weighted by molar-refractivity contribution is 6.33. The predicted molar refractivity (Wildman–Crippen MR) is 123 cm³/mol. The zero-order valence-electron chi connectivity index (χ0n) is 17.2. The molecule has 4 aromatic rings. The van der Waals surface area contributed by atoms with E-state index in [-0.39, 0.29) is 12.5 Å². The molecule has 0 saturated heterocycles. The van der Waals surface area contributed by atoms with E-state index in [4.69, 9.17) is 25.2 Å². The van der Waals surface area contributed by atoms with Gasteiger partial charge < -0.3 is 24.0 Å². The third kappa shape index (κ3) is 4.77. The molecule has 0 aliphatic carbocycles. The van der Waals surface area contributed by atoms with E-state index in [1.165, 1.54) is 6.08 Å². The summed E-state index contributed by atoms with van der Waals surface area (Å²) in [4.78, 5) is 12.4. The van der Waals surface area contributed by atoms with Crippen LogP contribution < -0.4 is 10.1 Å². The maximum Gasteiger partial charge on any atom is 0.248 e. The topological polar surface area (TPSA) is 84.8 Å². The second kappa shape index (κ2) is 9.60. The van der Waals surface area contributed by atoms with Crippen LogP contribution in [0.2, 0.25) is 5.02 Å². The number of methoxy groups -OCH3 is 1. The molecule has 0 aliphatic heterocycles. The van der Waals surface area contributed by atoms with Crippen molar-refractivity contribution in [3.63, 3.8) is 0 Å². The van der Waals surface area contributed by atoms with Gasteiger partial charge in [-0.15, -0.1) is 0 Å². The summed E-state index contributed by atoms with van der Waals surface area (Å²) in [5.74, 6) is 2.37. The van der Waals surface area contributed by atoms with Crippen LogP contribution in [0.1, 0.15) is 11.5 Å². The first-order chi connectivity index (χ1) is 15.6. The van der Waals surface area contributed by atoms with Crippen LogP contribution in [0.5, 0.6) is 5.75 Å². The number of anilines is 1. The highest BCUT2D eigenvalue weighted by Crippen LogP contribution is 2.34. The fraction of sp³-hybridized carbons (Fsp3) is 0.0800. The first-order valence-electron chi connectivity index (χ1n) is 9.79. The summed E-state index contributed by atoms with van der Waals surface area (Å²) >= 11 is 6.20. The fourth-order valence-corrected chi connectivity index (χ4v) is 3.40. The average molecular weight is 450 g/mol. The van der Waals surface area contributed by atoms with Gasteiger partial charge in [0.05, 0.1) is 17.7 Å². The van der Waals surface area contributed by atoms with Gasteiger partial charge in [-0.25, -0.2) is 0 Å². The molecule has 7 heteroatoms. The number of halogens is 1. The lowest BCUT2D eigenvalue weighted by molar-refractivity contribution is -0.111. The van der Waals surface area contributed by atoms with E-state index >= 15 is 0 Å². The van der Waals surface area contributed by atoms with Crippen molar-refractivity contribution >= 4 is 29.3 Å². The van der Waals surface area contributed by atoms with E-state index in [1.54, 1.807) is 61.7 Å². The first-order valence-corrected chi connectivity index (χ1v) is 10.2. The maximum absolute atomic E-state index is 12.4. The summed E-state index contributed by atoms with van der Waals surface area (Å²) in [5.41, 5.74) is 2.00. The number of aliphatic hydroxyl groups is 1. The van der Waals surface area contributed by atoms with Crippen LogP contribution in [0.15, 0.2) is 81.6 Å². The molecule has 4 rings (SSSR count). The van der Waals surface area contributed by atoms with E-state index in [2.05, 4.69) is 5.32 Å². The van der Waals surface area contributed by atoms with Crippen molar-refractivity contribution in [1.82, 2.24) is 0 Å². The van der Waals surface area contributed by atoms with Crippen molar-refractivity contribution < 1.29 is 23.5 Å². The Morgan fingerprint density at radius 3 is 2.56 bits per heavy atom. The minimum Gasteiger partial charge on any atom is -0.496 e. The van der Waals surface area contributed by atoms with Gasteiger partial charge in [-0.05, 0) is 60.7 Å². The number of aliphatic hydroxyl groups excluding tert-OH is 1. The van der Waals surface area contributed by atoms with E-state index < -0.39 is 0 Å². The zero-order chi connectivity index (χ0) is 22.5. The normalized spacial score (nSPS) is 11.1. The molecule has 2 aromatic carbocycles. The quantitative estimate of drug-likeness (QED) is 0.337. The van der Waals surface area contributed by atoms with Crippen molar-refractivity contribution in [1.29, 1.82) is 0 Å². The Hall–Kier alpha value is -3.74. The second-order valence-electron chi connectivity index (χ2n) is 6.84. The van der Waals surface area contributed by atoms with Gasteiger partial charge in [-0.3, -0.25) is 4.79 Å². The molecule has 2 aromatic heterocycles. The highest BCUT2D eigenvalue weighted by Gasteiger charge is 2.12. The monoisotopic (exact) mass is 449 g/mol. The molecular weight excluding hydrogens is 430 g/mol. The number of carbonyl (C=O) groups excluding carboxylic acids is 1. The van der Waals surface area contributed by atoms with E-state index in [0.29, 0.717) is 45.1 Å². The third-order valence-corrected chi connectivity index (χ3v) is 5.04. The number of hydrogen-bond acceptors (Lipinski definition) is 5. The largest absolute Gasteiger partial charge is 0.496 e. The van der Waals surface area contributed by atoms with E-state index in [1.807, 2.05) is 18.2 Å². The maximum atomic E-state index is 12.4. The molecule has 2 heterocycles. The van der Waals surface area contributed by atoms with Gasteiger partial charge in [-0.1, -0.05) is 23.7 Å². The Kier molecular flexibility index (Phi) is 6.44. The summed E-state index contributed by atoms with van der Waals surface area (Å²) in [7, 11) is 1.55. The van der Waals surface area contributed by atoms with Gasteiger partial charge in [0, 0.05) is 17.3 Å². The van der Waals surface area contributed by atoms with Crippen LogP contribution in [-0.4, -0.2) is 18.1 Å². The molecule has 32 heavy (non-hydrogen) atoms. The average Bonchev–Trinajstić information content (AvgIpc) is 3.48. The SMILES string of the molecule is COc1ccc(NC(=O)/C=C/c2ccc(-c3ccccc3Cl)o2)cc1-c1ccc(CO)o1. The standard InChI is InChI=1S/C25H20ClNO5/c1-30-22-10-6-16(14-20(22)24-12-8-18(15-28)32-24)27-25(29)13-9-17-7-11-23(31-17)19-4-2-3-5-21(19)26/h2-14,28H,15H2,1H3,(H,27,29)/b13-9+. The molecule has 0 atom stereocenters. The summed E-state index contributed by atoms with van der Waals surface area (Å²) in [6, 6.07) is 19.6. The van der Waals surface area contributed by atoms with Crippen LogP contribution in [0.25, 0.3) is 28.7 Å². The number of benzene rings is 2. The van der Waals surface area contributed by atoms with Gasteiger partial charge in [0.2, 0.25) is 5.91 Å². The first kappa shape index (κ1) is 21.5. The molecule has 0 radical (unpaired) electrons. The molecule has 0 saturated carbocycles. The highest BCUT2D eigenvalue weighted by atomic mass is 35.5. The number of nitrogens with one attached hydrogen (secondary N) is 1. The lowest BCUT2D eigenvalue weighted by Crippen LogP contribution is -2.07. The summed E-state index contributed by atoms with van der Waals surface area (Å²) in [6.07, 6.45) is 2.97. The number of hydrogen-bond donors (Lipinski definition) is 2. The number of furan rings is 2. The van der Waals surface area contributed by atoms with Crippen LogP contribution in [0, 0.1) is 0 Å². The molecule has 6 nitrogen and oxygen atoms in total. The summed E-state index contributed by atoms with van der Waals surface area (Å²) in [6.45, 7) is -0.200. The Labute approximate surface area is 189 Å². The van der Waals surface area contributed by atoms with Gasteiger partial charge in [0.15, 0.2) is 0 Å². The molecule has 162 valence electrons. The van der Waals surface area contributed by atoms with Crippen LogP contribution >= 0.6 is 11.6 Å². The van der Waals surface area contributed by atoms with Crippen molar-refractivity contribution in [2.75, 3.05) is 12.4 Å². The molecule has 0 bridgehead atoms. The van der Waals surface area contributed by atoms with Gasteiger partial charge in [-0.2, -0.15) is 0 Å². The number of rotatable bonds is 7. The smallest absolute Gasteiger partial charge is 0.248 e. The molecular formula is C25H20ClNO5. The van der Waals surface area contributed by atoms with Crippen molar-refractivity contribution in [3.8, 4) is 28.4 Å². The van der Waals surface area contributed by atoms with E-state index in [9.17, 15) is 9.90 Å². The predicted octanol–water partition coefficient (Wildman–Crippen LogP) is 6.01. The zero-order valence-corrected chi connectivity index (χ0v) is 17.9. The Morgan fingerprint density at radius 2 is 1.81 bits per heavy atom. The molecule has 2 N–H and O–H groups in total. The van der Waals surface area contributed by atoms with Gasteiger partial charge >= 0.3 is 0 Å². The Morgan fingerprint density at radius 1 is 1.03 bits per heavy atom. The third-order valence-electron chi connectivity index (χ3n) is 4.72. The number of ether oxygens (including phenoxy) is 1. The molecule has 0 unspecified atom stereocenters. The van der Waals surface area contributed by atoms with Gasteiger partial charge in [0.1, 0.15) is 35.4 Å². The number of carbonyl (C=O) groups is 1. The fourth-order valence-electron chi connectivity index (χ4n) is 3.18. The number of amides is 1. The molecule has 0 fully saturated rings. The van der Waals surface area contributed by atoms with E-state index in [0.717, 1.165) is 5.56 Å². The Balaban J connectivity index is 1.48. The van der Waals surface area contributed by atoms with Crippen molar-refractivity contribution in [2.45, 2.75) is 6.61 Å². The second-order valence-corrected chi connectivity index (χ2v) is 7.25. The van der Waals surface area contributed by atoms with Crippen LogP contribution in [-0.2, 0) is 11.4 Å². The molecule has 0 aliphatic rings. The minimum absolute atomic E-state index is 0.200. The summed E-state index contributed by atoms with van der Waals surface area (Å²) < 4.78 is 16.8. The lowest BCUT2D eigenvalue weighted by Gasteiger charge is -2.09. The summed E-state index contributed by atoms with van der Waals surface area (Å²) in [5, 5.41) is 12.6. The Bertz CT molecular complexity index is 1270. The van der Waals surface area contributed by atoms with Crippen molar-refractivity contribution in [3.05, 3.63) is 89.3 Å². The molecule has 0 spiro atoms.